The molecule has 4 atom stereocenters. The Labute approximate surface area is 162 Å². The van der Waals surface area contributed by atoms with Crippen LogP contribution in [0.3, 0.4) is 0 Å². The van der Waals surface area contributed by atoms with Crippen LogP contribution in [0.15, 0.2) is 12.2 Å². The summed E-state index contributed by atoms with van der Waals surface area (Å²) in [7, 11) is 0. The van der Waals surface area contributed by atoms with Crippen molar-refractivity contribution in [2.45, 2.75) is 64.6 Å². The Hall–Kier alpha value is -1.24. The second-order valence-corrected chi connectivity index (χ2v) is 7.70. The molecule has 0 aromatic carbocycles. The molecule has 1 heterocycles. The van der Waals surface area contributed by atoms with Gasteiger partial charge in [-0.05, 0) is 31.9 Å². The lowest BCUT2D eigenvalue weighted by molar-refractivity contribution is -0.144. The van der Waals surface area contributed by atoms with Gasteiger partial charge in [-0.25, -0.2) is 0 Å². The van der Waals surface area contributed by atoms with E-state index >= 15 is 0 Å². The molecule has 2 rings (SSSR count). The van der Waals surface area contributed by atoms with Crippen molar-refractivity contribution in [3.05, 3.63) is 12.2 Å². The zero-order chi connectivity index (χ0) is 19.6. The third-order valence-electron chi connectivity index (χ3n) is 5.54. The average molecular weight is 382 g/mol. The Morgan fingerprint density at radius 2 is 2.11 bits per heavy atom. The fraction of sp³-hybridized carbons (Fsp3) is 0.810. The number of unbranched alkanes of at least 4 members (excludes halogenated alkanes) is 2. The molecule has 1 aliphatic carbocycles. The molecule has 0 spiro atoms. The van der Waals surface area contributed by atoms with E-state index in [2.05, 4.69) is 11.8 Å². The predicted molar refractivity (Wildman–Crippen MR) is 103 cm³/mol. The Bertz CT molecular complexity index is 501. The standard InChI is InChI=1S/C21H35NO5/c1-3-4-5-6-18(27-16(2)23)8-7-17-15-20(24)19(21(17)25)9-10-22-11-13-26-14-12-22/h7-8,17-19,21,25H,3-6,9-15H2,1-2H3/t17-,18-,19?,21+/m0/s1. The van der Waals surface area contributed by atoms with Crippen molar-refractivity contribution < 1.29 is 24.2 Å². The van der Waals surface area contributed by atoms with E-state index in [0.29, 0.717) is 12.8 Å². The number of aliphatic hydroxyl groups excluding tert-OH is 1. The minimum atomic E-state index is -0.650. The summed E-state index contributed by atoms with van der Waals surface area (Å²) < 4.78 is 10.7. The van der Waals surface area contributed by atoms with Gasteiger partial charge >= 0.3 is 5.97 Å². The molecule has 2 fully saturated rings. The SMILES string of the molecule is CCCCC[C@@H](C=C[C@H]1CC(=O)C(CCN2CCOCC2)[C@@H]1O)OC(C)=O. The molecular formula is C21H35NO5. The van der Waals surface area contributed by atoms with Crippen LogP contribution in [0.4, 0.5) is 0 Å². The quantitative estimate of drug-likeness (QED) is 0.356. The van der Waals surface area contributed by atoms with Crippen LogP contribution < -0.4 is 0 Å². The molecule has 1 saturated carbocycles. The van der Waals surface area contributed by atoms with Crippen LogP contribution in [0.25, 0.3) is 0 Å². The minimum absolute atomic E-state index is 0.139. The van der Waals surface area contributed by atoms with Crippen molar-refractivity contribution >= 4 is 11.8 Å². The molecule has 1 unspecified atom stereocenters. The number of hydrogen-bond acceptors (Lipinski definition) is 6. The molecule has 0 aromatic rings. The smallest absolute Gasteiger partial charge is 0.303 e. The summed E-state index contributed by atoms with van der Waals surface area (Å²) in [5, 5.41) is 10.6. The normalized spacial score (nSPS) is 28.0. The summed E-state index contributed by atoms with van der Waals surface area (Å²) in [6.45, 7) is 7.62. The van der Waals surface area contributed by atoms with Gasteiger partial charge < -0.3 is 14.6 Å². The third kappa shape index (κ3) is 7.35. The van der Waals surface area contributed by atoms with Gasteiger partial charge in [-0.15, -0.1) is 0 Å². The fourth-order valence-electron chi connectivity index (χ4n) is 3.92. The zero-order valence-corrected chi connectivity index (χ0v) is 16.8. The number of carbonyl (C=O) groups is 2. The van der Waals surface area contributed by atoms with E-state index in [1.54, 1.807) is 0 Å². The van der Waals surface area contributed by atoms with Crippen molar-refractivity contribution in [1.29, 1.82) is 0 Å². The van der Waals surface area contributed by atoms with Crippen molar-refractivity contribution in [2.75, 3.05) is 32.8 Å². The van der Waals surface area contributed by atoms with E-state index in [-0.39, 0.29) is 29.7 Å². The maximum absolute atomic E-state index is 12.4. The monoisotopic (exact) mass is 381 g/mol. The van der Waals surface area contributed by atoms with E-state index in [9.17, 15) is 14.7 Å². The maximum Gasteiger partial charge on any atom is 0.303 e. The number of Topliss-reactive ketones (excluding diaryl/α,β-unsaturated/α-hetero) is 1. The molecule has 1 N–H and O–H groups in total. The first-order valence-electron chi connectivity index (χ1n) is 10.4. The first-order valence-corrected chi connectivity index (χ1v) is 10.4. The van der Waals surface area contributed by atoms with Crippen LogP contribution in [-0.2, 0) is 19.1 Å². The average Bonchev–Trinajstić information content (AvgIpc) is 2.91. The lowest BCUT2D eigenvalue weighted by Gasteiger charge is -2.28. The Kier molecular flexibility index (Phi) is 9.45. The lowest BCUT2D eigenvalue weighted by atomic mass is 9.96. The molecule has 0 amide bonds. The van der Waals surface area contributed by atoms with Gasteiger partial charge in [-0.3, -0.25) is 14.5 Å². The largest absolute Gasteiger partial charge is 0.458 e. The number of aliphatic hydroxyl groups is 1. The number of nitrogens with zero attached hydrogens (tertiary/aromatic N) is 1. The van der Waals surface area contributed by atoms with Crippen molar-refractivity contribution in [3.8, 4) is 0 Å². The van der Waals surface area contributed by atoms with Crippen LogP contribution >= 0.6 is 0 Å². The highest BCUT2D eigenvalue weighted by molar-refractivity contribution is 5.84. The summed E-state index contributed by atoms with van der Waals surface area (Å²) in [4.78, 5) is 26.0. The molecule has 0 aromatic heterocycles. The summed E-state index contributed by atoms with van der Waals surface area (Å²) in [5.41, 5.74) is 0. The Morgan fingerprint density at radius 1 is 1.37 bits per heavy atom. The molecule has 1 saturated heterocycles. The molecule has 1 aliphatic heterocycles. The number of hydrogen-bond donors (Lipinski definition) is 1. The second kappa shape index (κ2) is 11.6. The van der Waals surface area contributed by atoms with Gasteiger partial charge in [0.2, 0.25) is 0 Å². The van der Waals surface area contributed by atoms with Gasteiger partial charge in [0, 0.05) is 38.3 Å². The summed E-state index contributed by atoms with van der Waals surface area (Å²) in [6, 6.07) is 0. The molecule has 6 heteroatoms. The lowest BCUT2D eigenvalue weighted by Crippen LogP contribution is -2.38. The molecule has 2 aliphatic rings. The summed E-state index contributed by atoms with van der Waals surface area (Å²) >= 11 is 0. The molecular weight excluding hydrogens is 346 g/mol. The number of carbonyl (C=O) groups excluding carboxylic acids is 2. The van der Waals surface area contributed by atoms with Crippen molar-refractivity contribution in [3.63, 3.8) is 0 Å². The third-order valence-corrected chi connectivity index (χ3v) is 5.54. The summed E-state index contributed by atoms with van der Waals surface area (Å²) in [6.07, 6.45) is 7.86. The van der Waals surface area contributed by atoms with Gasteiger partial charge in [0.15, 0.2) is 0 Å². The molecule has 154 valence electrons. The van der Waals surface area contributed by atoms with E-state index in [1.165, 1.54) is 6.92 Å². The first kappa shape index (κ1) is 22.1. The first-order chi connectivity index (χ1) is 13.0. The van der Waals surface area contributed by atoms with Crippen LogP contribution in [0.2, 0.25) is 0 Å². The van der Waals surface area contributed by atoms with Crippen LogP contribution in [-0.4, -0.2) is 66.8 Å². The molecule has 27 heavy (non-hydrogen) atoms. The highest BCUT2D eigenvalue weighted by Gasteiger charge is 2.40. The number of ketones is 1. The molecule has 6 nitrogen and oxygen atoms in total. The number of morpholine rings is 1. The van der Waals surface area contributed by atoms with Crippen LogP contribution in [0.1, 0.15) is 52.4 Å². The van der Waals surface area contributed by atoms with Crippen molar-refractivity contribution in [2.24, 2.45) is 11.8 Å². The van der Waals surface area contributed by atoms with Gasteiger partial charge in [0.1, 0.15) is 11.9 Å². The van der Waals surface area contributed by atoms with E-state index < -0.39 is 6.10 Å². The number of rotatable bonds is 10. The van der Waals surface area contributed by atoms with Crippen LogP contribution in [0, 0.1) is 11.8 Å². The predicted octanol–water partition coefficient (Wildman–Crippen LogP) is 2.34. The molecule has 0 radical (unpaired) electrons. The highest BCUT2D eigenvalue weighted by Crippen LogP contribution is 2.32. The Morgan fingerprint density at radius 3 is 2.78 bits per heavy atom. The van der Waals surface area contributed by atoms with Gasteiger partial charge in [-0.2, -0.15) is 0 Å². The number of esters is 1. The van der Waals surface area contributed by atoms with E-state index in [1.807, 2.05) is 12.2 Å². The van der Waals surface area contributed by atoms with Crippen molar-refractivity contribution in [1.82, 2.24) is 4.90 Å². The van der Waals surface area contributed by atoms with Crippen LogP contribution in [0.5, 0.6) is 0 Å². The zero-order valence-electron chi connectivity index (χ0n) is 16.8. The van der Waals surface area contributed by atoms with E-state index in [4.69, 9.17) is 9.47 Å². The highest BCUT2D eigenvalue weighted by atomic mass is 16.5. The summed E-state index contributed by atoms with van der Waals surface area (Å²) in [5.74, 6) is -0.640. The fourth-order valence-corrected chi connectivity index (χ4v) is 3.92. The van der Waals surface area contributed by atoms with Gasteiger partial charge in [0.05, 0.1) is 19.3 Å². The van der Waals surface area contributed by atoms with Gasteiger partial charge in [-0.1, -0.05) is 25.8 Å². The number of ether oxygens (including phenoxy) is 2. The maximum atomic E-state index is 12.4. The Balaban J connectivity index is 1.86. The topological polar surface area (TPSA) is 76.1 Å². The van der Waals surface area contributed by atoms with E-state index in [0.717, 1.165) is 58.5 Å². The minimum Gasteiger partial charge on any atom is -0.458 e. The molecule has 0 bridgehead atoms. The second-order valence-electron chi connectivity index (χ2n) is 7.70. The van der Waals surface area contributed by atoms with Gasteiger partial charge in [0.25, 0.3) is 0 Å².